The van der Waals surface area contributed by atoms with Crippen LogP contribution in [0.25, 0.3) is 0 Å². The zero-order valence-electron chi connectivity index (χ0n) is 11.1. The van der Waals surface area contributed by atoms with Crippen LogP contribution in [0.1, 0.15) is 25.7 Å². The van der Waals surface area contributed by atoms with Crippen LogP contribution in [-0.4, -0.2) is 23.1 Å². The highest BCUT2D eigenvalue weighted by atomic mass is 16.2. The quantitative estimate of drug-likeness (QED) is 0.577. The summed E-state index contributed by atoms with van der Waals surface area (Å²) in [6.45, 7) is 0. The van der Waals surface area contributed by atoms with Gasteiger partial charge in [-0.15, -0.1) is 0 Å². The van der Waals surface area contributed by atoms with Crippen LogP contribution >= 0.6 is 0 Å². The Hall–Kier alpha value is -2.10. The molecule has 4 nitrogen and oxygen atoms in total. The molecule has 0 saturated heterocycles. The molecule has 20 heavy (non-hydrogen) atoms. The van der Waals surface area contributed by atoms with Crippen LogP contribution in [0, 0.1) is 11.8 Å². The van der Waals surface area contributed by atoms with Crippen molar-refractivity contribution >= 4 is 23.1 Å². The van der Waals surface area contributed by atoms with Crippen molar-refractivity contribution in [2.75, 3.05) is 0 Å². The minimum atomic E-state index is -0.596. The molecule has 0 heterocycles. The molecule has 0 amide bonds. The van der Waals surface area contributed by atoms with E-state index in [9.17, 15) is 19.2 Å². The maximum Gasteiger partial charge on any atom is 0.147 e. The van der Waals surface area contributed by atoms with E-state index < -0.39 is 11.8 Å². The largest absolute Gasteiger partial charge is 0.299 e. The second-order valence-electron chi connectivity index (χ2n) is 4.98. The van der Waals surface area contributed by atoms with E-state index in [4.69, 9.17) is 0 Å². The molecular weight excluding hydrogens is 256 g/mol. The van der Waals surface area contributed by atoms with Gasteiger partial charge in [-0.05, 0) is 0 Å². The monoisotopic (exact) mass is 272 g/mol. The average molecular weight is 272 g/mol. The molecule has 2 rings (SSSR count). The molecule has 0 spiro atoms. The minimum absolute atomic E-state index is 0.0302. The van der Waals surface area contributed by atoms with Crippen molar-refractivity contribution in [1.29, 1.82) is 0 Å². The number of hydrogen-bond acceptors (Lipinski definition) is 4. The summed E-state index contributed by atoms with van der Waals surface area (Å²) in [5.74, 6) is -1.31. The number of allylic oxidation sites excluding steroid dienone is 6. The number of Topliss-reactive ketones (excluding diaryl/α,β-unsaturated/α-hetero) is 4. The van der Waals surface area contributed by atoms with Gasteiger partial charge in [0.2, 0.25) is 0 Å². The molecule has 0 aromatic rings. The molecule has 0 unspecified atom stereocenters. The summed E-state index contributed by atoms with van der Waals surface area (Å²) in [5, 5.41) is 0. The average Bonchev–Trinajstić information content (AvgIpc) is 2.90. The first-order valence-electron chi connectivity index (χ1n) is 6.72. The maximum absolute atomic E-state index is 11.4. The van der Waals surface area contributed by atoms with Gasteiger partial charge >= 0.3 is 0 Å². The summed E-state index contributed by atoms with van der Waals surface area (Å²) < 4.78 is 0. The molecular formula is C16H16O4. The highest BCUT2D eigenvalue weighted by Gasteiger charge is 2.30. The van der Waals surface area contributed by atoms with Crippen LogP contribution < -0.4 is 0 Å². The zero-order valence-corrected chi connectivity index (χ0v) is 11.1. The fourth-order valence-electron chi connectivity index (χ4n) is 2.38. The van der Waals surface area contributed by atoms with Crippen LogP contribution in [0.2, 0.25) is 0 Å². The second-order valence-corrected chi connectivity index (χ2v) is 4.98. The fraction of sp³-hybridized carbons (Fsp3) is 0.375. The molecule has 0 atom stereocenters. The van der Waals surface area contributed by atoms with Gasteiger partial charge in [0.15, 0.2) is 0 Å². The Morgan fingerprint density at radius 2 is 0.850 bits per heavy atom. The topological polar surface area (TPSA) is 68.3 Å². The Labute approximate surface area is 117 Å². The number of ketones is 4. The Kier molecular flexibility index (Phi) is 4.56. The third-order valence-electron chi connectivity index (χ3n) is 3.56. The molecule has 2 fully saturated rings. The summed E-state index contributed by atoms with van der Waals surface area (Å²) in [6.07, 6.45) is 11.2. The molecule has 2 saturated carbocycles. The lowest BCUT2D eigenvalue weighted by Gasteiger charge is -1.96. The molecule has 104 valence electrons. The van der Waals surface area contributed by atoms with Crippen LogP contribution in [0.5, 0.6) is 0 Å². The lowest BCUT2D eigenvalue weighted by Crippen LogP contribution is -2.10. The van der Waals surface area contributed by atoms with Crippen molar-refractivity contribution in [1.82, 2.24) is 0 Å². The van der Waals surface area contributed by atoms with E-state index in [0.717, 1.165) is 0 Å². The number of hydrogen-bond donors (Lipinski definition) is 0. The summed E-state index contributed by atoms with van der Waals surface area (Å²) in [4.78, 5) is 45.5. The molecule has 2 aliphatic rings. The summed E-state index contributed by atoms with van der Waals surface area (Å²) >= 11 is 0. The Morgan fingerprint density at radius 1 is 0.550 bits per heavy atom. The number of carbonyl (C=O) groups excluding carboxylic acids is 4. The molecule has 0 N–H and O–H groups in total. The third-order valence-corrected chi connectivity index (χ3v) is 3.56. The molecule has 0 radical (unpaired) electrons. The van der Waals surface area contributed by atoms with Gasteiger partial charge in [-0.3, -0.25) is 19.2 Å². The first kappa shape index (κ1) is 14.3. The zero-order chi connectivity index (χ0) is 14.5. The molecule has 0 aliphatic heterocycles. The van der Waals surface area contributed by atoms with Crippen molar-refractivity contribution in [3.8, 4) is 0 Å². The van der Waals surface area contributed by atoms with Gasteiger partial charge < -0.3 is 0 Å². The van der Waals surface area contributed by atoms with Gasteiger partial charge in [-0.1, -0.05) is 36.5 Å². The first-order valence-corrected chi connectivity index (χ1v) is 6.72. The van der Waals surface area contributed by atoms with Gasteiger partial charge in [0.05, 0.1) is 11.8 Å². The van der Waals surface area contributed by atoms with Crippen LogP contribution in [-0.2, 0) is 19.2 Å². The van der Waals surface area contributed by atoms with Crippen molar-refractivity contribution in [3.05, 3.63) is 36.5 Å². The van der Waals surface area contributed by atoms with Crippen molar-refractivity contribution in [2.24, 2.45) is 11.8 Å². The standard InChI is InChI=1S/C16H16O4/c17-13-7-8-14(18)11(13)5-3-1-2-4-6-12-15(19)9-10-16(12)20/h1-6,11-12H,7-10H2/b2-1+,5-3+,6-4+. The summed E-state index contributed by atoms with van der Waals surface area (Å²) in [7, 11) is 0. The smallest absolute Gasteiger partial charge is 0.147 e. The molecule has 2 aliphatic carbocycles. The van der Waals surface area contributed by atoms with Crippen molar-refractivity contribution < 1.29 is 19.2 Å². The predicted octanol–water partition coefficient (Wildman–Crippen LogP) is 1.75. The molecule has 4 heteroatoms. The van der Waals surface area contributed by atoms with Crippen molar-refractivity contribution in [2.45, 2.75) is 25.7 Å². The van der Waals surface area contributed by atoms with Crippen molar-refractivity contribution in [3.63, 3.8) is 0 Å². The molecule has 0 aromatic heterocycles. The Morgan fingerprint density at radius 3 is 1.15 bits per heavy atom. The van der Waals surface area contributed by atoms with Crippen LogP contribution in [0.3, 0.4) is 0 Å². The van der Waals surface area contributed by atoms with E-state index in [-0.39, 0.29) is 23.1 Å². The highest BCUT2D eigenvalue weighted by Crippen LogP contribution is 2.19. The van der Waals surface area contributed by atoms with E-state index in [1.807, 2.05) is 0 Å². The van der Waals surface area contributed by atoms with E-state index in [0.29, 0.717) is 25.7 Å². The Bertz CT molecular complexity index is 457. The van der Waals surface area contributed by atoms with Crippen LogP contribution in [0.4, 0.5) is 0 Å². The van der Waals surface area contributed by atoms with E-state index in [1.54, 1.807) is 36.5 Å². The summed E-state index contributed by atoms with van der Waals surface area (Å²) in [6, 6.07) is 0. The predicted molar refractivity (Wildman–Crippen MR) is 72.9 cm³/mol. The van der Waals surface area contributed by atoms with Crippen LogP contribution in [0.15, 0.2) is 36.5 Å². The second kappa shape index (κ2) is 6.37. The van der Waals surface area contributed by atoms with E-state index in [2.05, 4.69) is 0 Å². The van der Waals surface area contributed by atoms with E-state index in [1.165, 1.54) is 0 Å². The van der Waals surface area contributed by atoms with Gasteiger partial charge in [0.25, 0.3) is 0 Å². The van der Waals surface area contributed by atoms with Gasteiger partial charge in [0.1, 0.15) is 23.1 Å². The van der Waals surface area contributed by atoms with Gasteiger partial charge in [-0.25, -0.2) is 0 Å². The summed E-state index contributed by atoms with van der Waals surface area (Å²) in [5.41, 5.74) is 0. The highest BCUT2D eigenvalue weighted by molar-refractivity contribution is 6.10. The van der Waals surface area contributed by atoms with Gasteiger partial charge in [-0.2, -0.15) is 0 Å². The molecule has 0 bridgehead atoms. The normalized spacial score (nSPS) is 22.6. The Balaban J connectivity index is 1.85. The number of carbonyl (C=O) groups is 4. The minimum Gasteiger partial charge on any atom is -0.299 e. The SMILES string of the molecule is O=C1CCC(=O)C1/C=C/C=C/C=C/C1C(=O)CCC1=O. The van der Waals surface area contributed by atoms with E-state index >= 15 is 0 Å². The lowest BCUT2D eigenvalue weighted by molar-refractivity contribution is -0.126. The number of rotatable bonds is 4. The van der Waals surface area contributed by atoms with Gasteiger partial charge in [0, 0.05) is 25.7 Å². The fourth-order valence-corrected chi connectivity index (χ4v) is 2.38. The maximum atomic E-state index is 11.4. The molecule has 0 aromatic carbocycles. The first-order chi connectivity index (χ1) is 9.59. The third kappa shape index (κ3) is 3.26. The lowest BCUT2D eigenvalue weighted by atomic mass is 10.1.